The molecule has 1 aromatic rings. The number of benzene rings is 1. The van der Waals surface area contributed by atoms with E-state index in [1.807, 2.05) is 4.90 Å². The zero-order valence-electron chi connectivity index (χ0n) is 16.0. The molecule has 0 N–H and O–H groups in total. The van der Waals surface area contributed by atoms with Crippen LogP contribution in [0.4, 0.5) is 0 Å². The molecular formula is C19H27NO5S2. The van der Waals surface area contributed by atoms with Gasteiger partial charge in [0.1, 0.15) is 9.84 Å². The average Bonchev–Trinajstić information content (AvgIpc) is 2.84. The third-order valence-electron chi connectivity index (χ3n) is 5.81. The number of piperidine rings is 1. The van der Waals surface area contributed by atoms with E-state index in [2.05, 4.69) is 0 Å². The van der Waals surface area contributed by atoms with E-state index in [0.717, 1.165) is 18.4 Å². The predicted molar refractivity (Wildman–Crippen MR) is 104 cm³/mol. The Balaban J connectivity index is 1.70. The van der Waals surface area contributed by atoms with Crippen molar-refractivity contribution in [2.45, 2.75) is 73.4 Å². The molecule has 27 heavy (non-hydrogen) atoms. The number of hydrogen-bond donors (Lipinski definition) is 0. The third kappa shape index (κ3) is 4.06. The van der Waals surface area contributed by atoms with Crippen LogP contribution < -0.4 is 0 Å². The molecule has 3 rings (SSSR count). The second kappa shape index (κ2) is 7.20. The number of hydrogen-bond acceptors (Lipinski definition) is 5. The number of fused-ring (bicyclic) bond motifs is 2. The SMILES string of the molecule is CC(C)S(=O)(=O)c1ccc(CC(=O)N2C3CCC2CC(S(C)(=O)=O)C3)cc1. The Labute approximate surface area is 161 Å². The second-order valence-corrected chi connectivity index (χ2v) is 12.9. The maximum absolute atomic E-state index is 12.8. The van der Waals surface area contributed by atoms with Crippen molar-refractivity contribution in [3.63, 3.8) is 0 Å². The van der Waals surface area contributed by atoms with Crippen molar-refractivity contribution in [3.8, 4) is 0 Å². The molecule has 1 amide bonds. The first-order valence-electron chi connectivity index (χ1n) is 9.33. The van der Waals surface area contributed by atoms with Gasteiger partial charge in [-0.1, -0.05) is 12.1 Å². The molecule has 2 aliphatic heterocycles. The molecule has 0 aromatic heterocycles. The van der Waals surface area contributed by atoms with Crippen LogP contribution in [0.2, 0.25) is 0 Å². The largest absolute Gasteiger partial charge is 0.336 e. The minimum atomic E-state index is -3.32. The van der Waals surface area contributed by atoms with Crippen LogP contribution in [0.3, 0.4) is 0 Å². The van der Waals surface area contributed by atoms with Crippen LogP contribution in [-0.2, 0) is 30.9 Å². The molecule has 6 nitrogen and oxygen atoms in total. The zero-order chi connectivity index (χ0) is 20.0. The number of carbonyl (C=O) groups is 1. The Bertz CT molecular complexity index is 905. The lowest BCUT2D eigenvalue weighted by molar-refractivity contribution is -0.134. The third-order valence-corrected chi connectivity index (χ3v) is 9.58. The van der Waals surface area contributed by atoms with E-state index in [1.54, 1.807) is 38.1 Å². The van der Waals surface area contributed by atoms with E-state index in [1.165, 1.54) is 6.26 Å². The monoisotopic (exact) mass is 413 g/mol. The quantitative estimate of drug-likeness (QED) is 0.736. The highest BCUT2D eigenvalue weighted by atomic mass is 32.2. The minimum absolute atomic E-state index is 0.00318. The smallest absolute Gasteiger partial charge is 0.227 e. The maximum Gasteiger partial charge on any atom is 0.227 e. The van der Waals surface area contributed by atoms with Crippen molar-refractivity contribution >= 4 is 25.6 Å². The minimum Gasteiger partial charge on any atom is -0.336 e. The molecule has 0 radical (unpaired) electrons. The molecule has 2 heterocycles. The Morgan fingerprint density at radius 2 is 1.56 bits per heavy atom. The van der Waals surface area contributed by atoms with Crippen molar-refractivity contribution in [1.82, 2.24) is 4.90 Å². The molecule has 2 fully saturated rings. The van der Waals surface area contributed by atoms with Gasteiger partial charge in [0, 0.05) is 18.3 Å². The molecule has 150 valence electrons. The normalized spacial score (nSPS) is 25.8. The van der Waals surface area contributed by atoms with Crippen molar-refractivity contribution in [1.29, 1.82) is 0 Å². The summed E-state index contributed by atoms with van der Waals surface area (Å²) in [5, 5.41) is -0.837. The standard InChI is InChI=1S/C19H27NO5S2/c1-13(2)27(24,25)17-8-4-14(5-9-17)10-19(21)20-15-6-7-16(20)12-18(11-15)26(3,22)23/h4-5,8-9,13,15-16,18H,6-7,10-12H2,1-3H3. The van der Waals surface area contributed by atoms with Gasteiger partial charge in [-0.2, -0.15) is 0 Å². The van der Waals surface area contributed by atoms with Gasteiger partial charge in [0.15, 0.2) is 9.84 Å². The van der Waals surface area contributed by atoms with Crippen LogP contribution in [0.15, 0.2) is 29.2 Å². The summed E-state index contributed by atoms with van der Waals surface area (Å²) < 4.78 is 48.2. The van der Waals surface area contributed by atoms with Crippen LogP contribution in [0.25, 0.3) is 0 Å². The molecule has 2 aliphatic rings. The summed E-state index contributed by atoms with van der Waals surface area (Å²) in [6.07, 6.45) is 4.24. The number of rotatable bonds is 5. The summed E-state index contributed by atoms with van der Waals surface area (Å²) in [6, 6.07) is 6.50. The van der Waals surface area contributed by atoms with Gasteiger partial charge in [0.05, 0.1) is 21.8 Å². The van der Waals surface area contributed by atoms with Crippen LogP contribution in [-0.4, -0.2) is 56.5 Å². The van der Waals surface area contributed by atoms with Gasteiger partial charge < -0.3 is 4.90 Å². The van der Waals surface area contributed by atoms with Gasteiger partial charge in [-0.3, -0.25) is 4.79 Å². The van der Waals surface area contributed by atoms with Crippen molar-refractivity contribution < 1.29 is 21.6 Å². The summed E-state index contributed by atoms with van der Waals surface area (Å²) in [7, 11) is -6.40. The fraction of sp³-hybridized carbons (Fsp3) is 0.632. The van der Waals surface area contributed by atoms with Crippen LogP contribution in [0.5, 0.6) is 0 Å². The zero-order valence-corrected chi connectivity index (χ0v) is 17.6. The molecule has 1 aromatic carbocycles. The number of sulfone groups is 2. The number of amides is 1. The van der Waals surface area contributed by atoms with E-state index in [9.17, 15) is 21.6 Å². The molecule has 2 atom stereocenters. The van der Waals surface area contributed by atoms with Crippen LogP contribution in [0, 0.1) is 0 Å². The summed E-state index contributed by atoms with van der Waals surface area (Å²) in [6.45, 7) is 3.28. The summed E-state index contributed by atoms with van der Waals surface area (Å²) >= 11 is 0. The lowest BCUT2D eigenvalue weighted by Gasteiger charge is -2.38. The van der Waals surface area contributed by atoms with Gasteiger partial charge in [-0.25, -0.2) is 16.8 Å². The van der Waals surface area contributed by atoms with E-state index in [0.29, 0.717) is 12.8 Å². The average molecular weight is 414 g/mol. The fourth-order valence-electron chi connectivity index (χ4n) is 4.22. The van der Waals surface area contributed by atoms with Crippen molar-refractivity contribution in [2.24, 2.45) is 0 Å². The highest BCUT2D eigenvalue weighted by molar-refractivity contribution is 7.92. The molecule has 0 saturated carbocycles. The Morgan fingerprint density at radius 1 is 1.04 bits per heavy atom. The number of nitrogens with zero attached hydrogens (tertiary/aromatic N) is 1. The molecule has 0 aliphatic carbocycles. The number of carbonyl (C=O) groups excluding carboxylic acids is 1. The second-order valence-electron chi connectivity index (χ2n) is 8.02. The molecular weight excluding hydrogens is 386 g/mol. The van der Waals surface area contributed by atoms with Gasteiger partial charge in [-0.05, 0) is 57.2 Å². The lowest BCUT2D eigenvalue weighted by atomic mass is 10.0. The van der Waals surface area contributed by atoms with E-state index in [4.69, 9.17) is 0 Å². The predicted octanol–water partition coefficient (Wildman–Crippen LogP) is 1.98. The summed E-state index contributed by atoms with van der Waals surface area (Å²) in [5.41, 5.74) is 0.771. The van der Waals surface area contributed by atoms with Crippen molar-refractivity contribution in [2.75, 3.05) is 6.26 Å². The van der Waals surface area contributed by atoms with Gasteiger partial charge in [-0.15, -0.1) is 0 Å². The highest BCUT2D eigenvalue weighted by Gasteiger charge is 2.45. The Morgan fingerprint density at radius 3 is 2.00 bits per heavy atom. The summed E-state index contributed by atoms with van der Waals surface area (Å²) in [4.78, 5) is 15.0. The van der Waals surface area contributed by atoms with Crippen molar-refractivity contribution in [3.05, 3.63) is 29.8 Å². The molecule has 2 saturated heterocycles. The topological polar surface area (TPSA) is 88.6 Å². The lowest BCUT2D eigenvalue weighted by Crippen LogP contribution is -2.50. The first kappa shape index (κ1) is 20.3. The molecule has 2 unspecified atom stereocenters. The van der Waals surface area contributed by atoms with Gasteiger partial charge in [0.2, 0.25) is 5.91 Å². The first-order chi connectivity index (χ1) is 12.5. The fourth-order valence-corrected chi connectivity index (χ4v) is 6.42. The van der Waals surface area contributed by atoms with Crippen LogP contribution >= 0.6 is 0 Å². The molecule has 0 spiro atoms. The summed E-state index contributed by atoms with van der Waals surface area (Å²) in [5.74, 6) is -0.00563. The maximum atomic E-state index is 12.8. The van der Waals surface area contributed by atoms with E-state index >= 15 is 0 Å². The molecule has 2 bridgehead atoms. The Hall–Kier alpha value is -1.41. The van der Waals surface area contributed by atoms with E-state index < -0.39 is 24.9 Å². The van der Waals surface area contributed by atoms with E-state index in [-0.39, 0.29) is 34.6 Å². The Kier molecular flexibility index (Phi) is 5.42. The highest BCUT2D eigenvalue weighted by Crippen LogP contribution is 2.38. The van der Waals surface area contributed by atoms with Gasteiger partial charge in [0.25, 0.3) is 0 Å². The molecule has 8 heteroatoms. The first-order valence-corrected chi connectivity index (χ1v) is 12.8. The van der Waals surface area contributed by atoms with Gasteiger partial charge >= 0.3 is 0 Å². The van der Waals surface area contributed by atoms with Crippen LogP contribution in [0.1, 0.15) is 45.1 Å².